The van der Waals surface area contributed by atoms with Crippen molar-refractivity contribution in [3.63, 3.8) is 0 Å². The molecule has 1 aliphatic carbocycles. The van der Waals surface area contributed by atoms with Crippen molar-refractivity contribution >= 4 is 21.6 Å². The number of alkyl halides is 3. The molecule has 2 atom stereocenters. The zero-order valence-corrected chi connectivity index (χ0v) is 21.0. The number of sulfonamides is 1. The fourth-order valence-electron chi connectivity index (χ4n) is 4.44. The van der Waals surface area contributed by atoms with Crippen LogP contribution in [-0.4, -0.2) is 76.7 Å². The summed E-state index contributed by atoms with van der Waals surface area (Å²) in [4.78, 5) is 8.04. The summed E-state index contributed by atoms with van der Waals surface area (Å²) in [6.07, 6.45) is 0.326. The molecule has 0 radical (unpaired) electrons. The highest BCUT2D eigenvalue weighted by Crippen LogP contribution is 2.37. The van der Waals surface area contributed by atoms with E-state index in [9.17, 15) is 21.6 Å². The number of anilines is 1. The molecule has 3 aromatic rings. The molecule has 0 amide bonds. The zero-order valence-electron chi connectivity index (χ0n) is 20.1. The topological polar surface area (TPSA) is 124 Å². The lowest BCUT2D eigenvalue weighted by atomic mass is 9.85. The predicted molar refractivity (Wildman–Crippen MR) is 125 cm³/mol. The first-order valence-corrected chi connectivity index (χ1v) is 13.2. The minimum Gasteiger partial charge on any atom is -0.469 e. The third-order valence-electron chi connectivity index (χ3n) is 6.50. The van der Waals surface area contributed by atoms with Gasteiger partial charge < -0.3 is 14.8 Å². The van der Waals surface area contributed by atoms with Crippen LogP contribution in [0.15, 0.2) is 29.4 Å². The number of halogens is 3. The molecule has 0 aromatic carbocycles. The Morgan fingerprint density at radius 2 is 2.00 bits per heavy atom. The summed E-state index contributed by atoms with van der Waals surface area (Å²) in [5, 5.41) is 11.6. The van der Waals surface area contributed by atoms with Gasteiger partial charge in [0.1, 0.15) is 17.5 Å². The predicted octanol–water partition coefficient (Wildman–Crippen LogP) is 2.70. The van der Waals surface area contributed by atoms with Crippen LogP contribution in [0.2, 0.25) is 0 Å². The molecule has 1 N–H and O–H groups in total. The summed E-state index contributed by atoms with van der Waals surface area (Å²) < 4.78 is 78.4. The van der Waals surface area contributed by atoms with Crippen molar-refractivity contribution in [3.05, 3.63) is 35.9 Å². The molecule has 0 spiro atoms. The van der Waals surface area contributed by atoms with Crippen LogP contribution in [-0.2, 0) is 20.9 Å². The van der Waals surface area contributed by atoms with Crippen LogP contribution in [0.5, 0.6) is 5.88 Å². The van der Waals surface area contributed by atoms with E-state index in [1.165, 1.54) is 26.2 Å². The number of aromatic nitrogens is 5. The zero-order chi connectivity index (χ0) is 26.4. The molecule has 2 fully saturated rings. The highest BCUT2D eigenvalue weighted by molar-refractivity contribution is 7.89. The van der Waals surface area contributed by atoms with Crippen LogP contribution < -0.4 is 10.1 Å². The maximum Gasteiger partial charge on any atom is 0.423 e. The maximum absolute atomic E-state index is 13.4. The summed E-state index contributed by atoms with van der Waals surface area (Å²) in [5.74, 6) is 0.226. The normalized spacial score (nSPS) is 21.2. The Bertz CT molecular complexity index is 1390. The second kappa shape index (κ2) is 9.68. The Hall–Kier alpha value is -3.04. The highest BCUT2D eigenvalue weighted by atomic mass is 32.2. The lowest BCUT2D eigenvalue weighted by Gasteiger charge is -2.29. The SMILES string of the molecule is CN(C)S(=O)(=O)c1ccn2c([C@H]3CCC[C@@H](Nc4ncc(C(F)(F)F)c(OC5COC5)n4)C3)nnc2c1. The summed E-state index contributed by atoms with van der Waals surface area (Å²) in [6.45, 7) is 0.423. The molecule has 15 heteroatoms. The quantitative estimate of drug-likeness (QED) is 0.481. The van der Waals surface area contributed by atoms with Crippen LogP contribution in [0.25, 0.3) is 5.65 Å². The third-order valence-corrected chi connectivity index (χ3v) is 8.31. The van der Waals surface area contributed by atoms with Crippen molar-refractivity contribution in [2.75, 3.05) is 32.6 Å². The second-order valence-corrected chi connectivity index (χ2v) is 11.5. The summed E-state index contributed by atoms with van der Waals surface area (Å²) in [6, 6.07) is 2.88. The Morgan fingerprint density at radius 1 is 1.22 bits per heavy atom. The third kappa shape index (κ3) is 5.20. The van der Waals surface area contributed by atoms with Crippen molar-refractivity contribution in [1.29, 1.82) is 0 Å². The van der Waals surface area contributed by atoms with Crippen LogP contribution in [0.3, 0.4) is 0 Å². The Labute approximate surface area is 211 Å². The molecule has 1 saturated carbocycles. The number of pyridine rings is 1. The van der Waals surface area contributed by atoms with Gasteiger partial charge >= 0.3 is 6.18 Å². The maximum atomic E-state index is 13.4. The van der Waals surface area contributed by atoms with Gasteiger partial charge in [-0.2, -0.15) is 18.2 Å². The molecule has 0 unspecified atom stereocenters. The Kier molecular flexibility index (Phi) is 6.70. The molecule has 1 saturated heterocycles. The number of fused-ring (bicyclic) bond motifs is 1. The van der Waals surface area contributed by atoms with Gasteiger partial charge in [-0.15, -0.1) is 10.2 Å². The smallest absolute Gasteiger partial charge is 0.423 e. The lowest BCUT2D eigenvalue weighted by molar-refractivity contribution is -0.142. The summed E-state index contributed by atoms with van der Waals surface area (Å²) in [5.41, 5.74) is -0.613. The minimum absolute atomic E-state index is 0.00477. The van der Waals surface area contributed by atoms with Crippen LogP contribution in [0.4, 0.5) is 19.1 Å². The fourth-order valence-corrected chi connectivity index (χ4v) is 5.35. The van der Waals surface area contributed by atoms with Gasteiger partial charge in [0.05, 0.1) is 18.1 Å². The van der Waals surface area contributed by atoms with Crippen molar-refractivity contribution in [1.82, 2.24) is 28.9 Å². The molecule has 200 valence electrons. The van der Waals surface area contributed by atoms with Gasteiger partial charge in [-0.1, -0.05) is 6.42 Å². The molecule has 4 heterocycles. The first-order chi connectivity index (χ1) is 17.5. The first-order valence-electron chi connectivity index (χ1n) is 11.7. The Morgan fingerprint density at radius 3 is 2.68 bits per heavy atom. The molecule has 2 aliphatic rings. The number of nitrogens with zero attached hydrogens (tertiary/aromatic N) is 6. The molecule has 1 aliphatic heterocycles. The van der Waals surface area contributed by atoms with Gasteiger partial charge in [0.15, 0.2) is 5.65 Å². The van der Waals surface area contributed by atoms with Gasteiger partial charge in [0, 0.05) is 44.5 Å². The van der Waals surface area contributed by atoms with E-state index in [0.717, 1.165) is 29.8 Å². The standard InChI is InChI=1S/C22H26F3N7O4S/c1-31(2)37(33,34)16-6-7-32-18(9-16)29-30-19(32)13-4-3-5-14(8-13)27-21-26-10-17(22(23,24)25)20(28-21)36-15-11-35-12-15/h6-7,9-10,13-15H,3-5,8,11-12H2,1-2H3,(H,26,27,28)/t13-,14+/m0/s1. The minimum atomic E-state index is -4.64. The van der Waals surface area contributed by atoms with E-state index < -0.39 is 33.7 Å². The van der Waals surface area contributed by atoms with Crippen molar-refractivity contribution in [3.8, 4) is 5.88 Å². The van der Waals surface area contributed by atoms with Crippen LogP contribution in [0, 0.1) is 0 Å². The van der Waals surface area contributed by atoms with Gasteiger partial charge in [0.2, 0.25) is 21.9 Å². The number of ether oxygens (including phenoxy) is 2. The number of hydrogen-bond donors (Lipinski definition) is 1. The van der Waals surface area contributed by atoms with Crippen LogP contribution in [0.1, 0.15) is 43.0 Å². The van der Waals surface area contributed by atoms with Gasteiger partial charge in [-0.25, -0.2) is 17.7 Å². The molecule has 11 nitrogen and oxygen atoms in total. The molecule has 37 heavy (non-hydrogen) atoms. The van der Waals surface area contributed by atoms with E-state index in [2.05, 4.69) is 25.5 Å². The second-order valence-electron chi connectivity index (χ2n) is 9.33. The molecule has 5 rings (SSSR count). The van der Waals surface area contributed by atoms with E-state index in [4.69, 9.17) is 9.47 Å². The lowest BCUT2D eigenvalue weighted by Crippen LogP contribution is -2.39. The summed E-state index contributed by atoms with van der Waals surface area (Å²) in [7, 11) is -0.689. The van der Waals surface area contributed by atoms with Crippen molar-refractivity contribution < 1.29 is 31.1 Å². The van der Waals surface area contributed by atoms with Crippen molar-refractivity contribution in [2.45, 2.75) is 54.8 Å². The average molecular weight is 542 g/mol. The van der Waals surface area contributed by atoms with Crippen LogP contribution >= 0.6 is 0 Å². The fraction of sp³-hybridized carbons (Fsp3) is 0.545. The largest absolute Gasteiger partial charge is 0.469 e. The monoisotopic (exact) mass is 541 g/mol. The molecule has 3 aromatic heterocycles. The van der Waals surface area contributed by atoms with Crippen molar-refractivity contribution in [2.24, 2.45) is 0 Å². The van der Waals surface area contributed by atoms with E-state index >= 15 is 0 Å². The number of hydrogen-bond acceptors (Lipinski definition) is 9. The molecule has 0 bridgehead atoms. The van der Waals surface area contributed by atoms with Gasteiger partial charge in [-0.05, 0) is 25.3 Å². The average Bonchev–Trinajstić information content (AvgIpc) is 3.24. The number of rotatable bonds is 7. The number of nitrogens with one attached hydrogen (secondary N) is 1. The summed E-state index contributed by atoms with van der Waals surface area (Å²) >= 11 is 0. The van der Waals surface area contributed by atoms with Gasteiger partial charge in [0.25, 0.3) is 0 Å². The molecular formula is C22H26F3N7O4S. The first kappa shape index (κ1) is 25.6. The Balaban J connectivity index is 1.33. The van der Waals surface area contributed by atoms with E-state index in [1.807, 2.05) is 0 Å². The molecular weight excluding hydrogens is 515 g/mol. The highest BCUT2D eigenvalue weighted by Gasteiger charge is 2.38. The van der Waals surface area contributed by atoms with E-state index in [-0.39, 0.29) is 36.0 Å². The van der Waals surface area contributed by atoms with E-state index in [0.29, 0.717) is 17.9 Å². The van der Waals surface area contributed by atoms with Gasteiger partial charge in [-0.3, -0.25) is 4.40 Å². The van der Waals surface area contributed by atoms with E-state index in [1.54, 1.807) is 10.6 Å².